The highest BCUT2D eigenvalue weighted by Gasteiger charge is 2.27. The highest BCUT2D eigenvalue weighted by Crippen LogP contribution is 2.36. The van der Waals surface area contributed by atoms with E-state index in [-0.39, 0.29) is 69.0 Å². The van der Waals surface area contributed by atoms with Gasteiger partial charge in [-0.15, -0.1) is 0 Å². The standard InChI is InChI=1S/C32H32Br2N.C31H30Br2N.C29H26Br2N.C29H26F2N.2BF3.2FH.2HI/c1-22(2)21-35-31(18-7-24-5-8-25(9-6-24)23(3)4)19-28(26-10-14-29(33)15-11-26)20-32(35)27-12-16-30(34)17-13-27;1-21(2)24-8-5-23(6-9-24)7-18-30-19-27(25-10-14-28(32)15-11-25)20-31(34(30)22(3)4)26-12-16-29(33)17-13-26;2*1-20(2)22-7-4-21(5-8-22)6-17-28-18-25(23-9-13-26(30)14-10-23)19-29(32(28)3)24-11-15-27(31)16-12-24;2*2-1(3)4;;;;/h5-20,22-23H,21H2,1-4H3;5-22H,1-4H3;2*4-20H,1-3H3;;;4*1H/q4*+1;;;;;;/p-4/b2*18-7+;2*17-6+;;;;;;. The van der Waals surface area contributed by atoms with Crippen LogP contribution in [0.2, 0.25) is 0 Å². The summed E-state index contributed by atoms with van der Waals surface area (Å²) in [5.41, 5.74) is 32.8. The van der Waals surface area contributed by atoms with Gasteiger partial charge >= 0.3 is 15.1 Å². The Labute approximate surface area is 934 Å². The first-order valence-electron chi connectivity index (χ1n) is 46.7. The van der Waals surface area contributed by atoms with Crippen LogP contribution in [0.15, 0.2) is 367 Å². The van der Waals surface area contributed by atoms with Crippen molar-refractivity contribution in [3.8, 4) is 89.5 Å². The van der Waals surface area contributed by atoms with Gasteiger partial charge in [0.2, 0.25) is 45.6 Å². The van der Waals surface area contributed by atoms with Gasteiger partial charge in [-0.3, -0.25) is 25.9 Å². The Kier molecular flexibility index (Phi) is 50.3. The number of benzene rings is 12. The molecule has 4 heterocycles. The minimum absolute atomic E-state index is 0. The molecule has 0 aliphatic rings. The highest BCUT2D eigenvalue weighted by molar-refractivity contribution is 9.11. The largest absolute Gasteiger partial charge is 1.00 e. The van der Waals surface area contributed by atoms with Crippen molar-refractivity contribution in [1.29, 1.82) is 0 Å². The van der Waals surface area contributed by atoms with Crippen molar-refractivity contribution in [3.05, 3.63) is 445 Å². The molecule has 0 spiro atoms. The molecule has 0 radical (unpaired) electrons. The average Bonchev–Trinajstić information content (AvgIpc) is 0.783. The highest BCUT2D eigenvalue weighted by atomic mass is 127. The van der Waals surface area contributed by atoms with Gasteiger partial charge in [-0.1, -0.05) is 310 Å². The van der Waals surface area contributed by atoms with Crippen LogP contribution in [-0.2, 0) is 20.6 Å². The smallest absolute Gasteiger partial charge is 0.762 e. The Morgan fingerprint density at radius 1 is 0.241 bits per heavy atom. The van der Waals surface area contributed by atoms with Gasteiger partial charge in [0.25, 0.3) is 0 Å². The maximum Gasteiger partial charge on any atom is 0.762 e. The monoisotopic (exact) mass is 2560 g/mol. The predicted molar refractivity (Wildman–Crippen MR) is 599 cm³/mol. The fourth-order valence-corrected chi connectivity index (χ4v) is 17.4. The fraction of sp³-hybridized carbons (Fsp3) is 0.174. The lowest BCUT2D eigenvalue weighted by Crippen LogP contribution is -3.00. The second-order valence-electron chi connectivity index (χ2n) is 36.0. The lowest BCUT2D eigenvalue weighted by molar-refractivity contribution is -0.707. The van der Waals surface area contributed by atoms with Gasteiger partial charge in [0.1, 0.15) is 25.7 Å². The number of hydrogen-bond acceptors (Lipinski definition) is 0. The van der Waals surface area contributed by atoms with Crippen LogP contribution < -0.4 is 75.6 Å². The molecule has 0 aliphatic heterocycles. The number of hydrogen-bond donors (Lipinski definition) is 0. The van der Waals surface area contributed by atoms with E-state index in [1.165, 1.54) is 142 Å². The van der Waals surface area contributed by atoms with E-state index in [0.29, 0.717) is 35.6 Å². The Balaban J connectivity index is 0.000000253. The topological polar surface area (TPSA) is 15.5 Å². The third-order valence-corrected chi connectivity index (χ3v) is 26.7. The third kappa shape index (κ3) is 37.3. The number of aromatic nitrogens is 4. The van der Waals surface area contributed by atoms with Gasteiger partial charge in [0.05, 0.1) is 0 Å². The third-order valence-electron chi connectivity index (χ3n) is 23.6. The van der Waals surface area contributed by atoms with Crippen LogP contribution >= 0.6 is 95.6 Å². The van der Waals surface area contributed by atoms with E-state index in [1.807, 2.05) is 7.05 Å². The molecule has 4 nitrogen and oxygen atoms in total. The molecule has 0 bridgehead atoms. The van der Waals surface area contributed by atoms with Crippen LogP contribution in [0, 0.1) is 17.6 Å². The Morgan fingerprint density at radius 3 is 0.697 bits per heavy atom. The van der Waals surface area contributed by atoms with Crippen LogP contribution in [0.25, 0.3) is 138 Å². The Hall–Kier alpha value is -10.0. The number of halogens is 18. The van der Waals surface area contributed by atoms with Crippen molar-refractivity contribution in [2.45, 2.75) is 119 Å². The summed E-state index contributed by atoms with van der Waals surface area (Å²) >= 11 is 21.4. The summed E-state index contributed by atoms with van der Waals surface area (Å²) in [7, 11) is -3.21. The normalized spacial score (nSPS) is 11.0. The molecule has 0 atom stereocenters. The van der Waals surface area contributed by atoms with Crippen molar-refractivity contribution in [2.24, 2.45) is 20.0 Å². The van der Waals surface area contributed by atoms with Gasteiger partial charge in [-0.05, 0) is 296 Å². The van der Waals surface area contributed by atoms with E-state index in [9.17, 15) is 34.7 Å². The summed E-state index contributed by atoms with van der Waals surface area (Å²) in [5.74, 6) is 2.10. The van der Waals surface area contributed by atoms with Gasteiger partial charge in [0, 0.05) is 128 Å². The van der Waals surface area contributed by atoms with Crippen LogP contribution in [-0.4, -0.2) is 15.1 Å². The zero-order chi connectivity index (χ0) is 102. The van der Waals surface area contributed by atoms with E-state index in [0.717, 1.165) is 72.7 Å². The molecular weight excluding hydrogens is 2450 g/mol. The van der Waals surface area contributed by atoms with Crippen molar-refractivity contribution < 1.29 is 110 Å². The van der Waals surface area contributed by atoms with Gasteiger partial charge in [-0.2, -0.15) is 18.3 Å². The van der Waals surface area contributed by atoms with Gasteiger partial charge in [-0.25, -0.2) is 8.78 Å². The molecule has 0 saturated carbocycles. The van der Waals surface area contributed by atoms with Crippen LogP contribution in [0.5, 0.6) is 0 Å². The Morgan fingerprint density at radius 2 is 0.441 bits per heavy atom. The minimum atomic E-state index is -3.67. The second-order valence-corrected chi connectivity index (χ2v) is 41.5. The number of pyridine rings is 4. The molecule has 16 rings (SSSR count). The quantitative estimate of drug-likeness (QED) is 0.0263. The zero-order valence-electron chi connectivity index (χ0n) is 82.9. The Bertz CT molecular complexity index is 6680. The van der Waals surface area contributed by atoms with Crippen molar-refractivity contribution in [1.82, 2.24) is 0 Å². The molecule has 4 aromatic heterocycles. The van der Waals surface area contributed by atoms with Crippen molar-refractivity contribution in [3.63, 3.8) is 0 Å². The summed E-state index contributed by atoms with van der Waals surface area (Å²) < 4.78 is 101. The summed E-state index contributed by atoms with van der Waals surface area (Å²) in [6, 6.07) is 118. The molecule has 0 saturated heterocycles. The van der Waals surface area contributed by atoms with Crippen molar-refractivity contribution in [2.75, 3.05) is 0 Å². The lowest BCUT2D eigenvalue weighted by atomic mass is 9.99. The zero-order valence-corrected chi connectivity index (χ0v) is 96.7. The summed E-state index contributed by atoms with van der Waals surface area (Å²) in [5, 5.41) is 0. The SMILES string of the molecule is CC(C)C[n+]1c(/C=C/c2ccc(C(C)C)cc2)cc(-c2ccc(Br)cc2)cc1-c1ccc(Br)cc1.CC(C)c1ccc(/C=C/c2cc(-c3ccc(Br)cc3)cc(-c3ccc(Br)cc3)[n+]2C(C)C)cc1.CC(C)c1ccc(/C=C/c2cc(-c3ccc(Br)cc3)cc(-c3ccc(Br)cc3)[n+]2C)cc1.CC(C)c1ccc(/C=C/c2cc(-c3ccc(F)cc3)cc(-c3ccc(F)cc3)[n+]2C)cc1.FB(F)F.FB(F)F.[F-].[F-].[I-].[I-]. The molecule has 12 aromatic carbocycles. The van der Waals surface area contributed by atoms with E-state index < -0.39 is 15.1 Å². The van der Waals surface area contributed by atoms with E-state index >= 15 is 0 Å². The summed E-state index contributed by atoms with van der Waals surface area (Å²) in [4.78, 5) is 0. The maximum atomic E-state index is 13.5. The molecule has 16 aromatic rings. The maximum absolute atomic E-state index is 13.5. The predicted octanol–water partition coefficient (Wildman–Crippen LogP) is 25.3. The molecule has 24 heteroatoms. The average molecular weight is 2570 g/mol. The van der Waals surface area contributed by atoms with E-state index in [2.05, 4.69) is 544 Å². The van der Waals surface area contributed by atoms with Crippen LogP contribution in [0.3, 0.4) is 0 Å². The van der Waals surface area contributed by atoms with Gasteiger partial charge < -0.3 is 57.4 Å². The van der Waals surface area contributed by atoms with Crippen LogP contribution in [0.4, 0.5) is 34.7 Å². The molecule has 0 fully saturated rings. The number of nitrogens with zero attached hydrogens (tertiary/aromatic N) is 4. The summed E-state index contributed by atoms with van der Waals surface area (Å²) in [6.45, 7) is 27.7. The van der Waals surface area contributed by atoms with Crippen LogP contribution in [0.1, 0.15) is 180 Å². The lowest BCUT2D eigenvalue weighted by Gasteiger charge is -2.13. The molecular formula is C121H114B2Br6F10I2N4. The van der Waals surface area contributed by atoms with Gasteiger partial charge in [0.15, 0.2) is 12.6 Å². The first-order valence-corrected chi connectivity index (χ1v) is 51.4. The van der Waals surface area contributed by atoms with E-state index in [1.54, 1.807) is 24.3 Å². The molecule has 0 N–H and O–H groups in total. The fourth-order valence-electron chi connectivity index (χ4n) is 15.8. The van der Waals surface area contributed by atoms with Crippen molar-refractivity contribution >= 4 is 159 Å². The molecule has 0 aliphatic carbocycles. The first kappa shape index (κ1) is 122. The molecule has 750 valence electrons. The summed E-state index contributed by atoms with van der Waals surface area (Å²) in [6.07, 6.45) is 17.5. The molecule has 0 amide bonds. The molecule has 0 unspecified atom stereocenters. The van der Waals surface area contributed by atoms with E-state index in [4.69, 9.17) is 0 Å². The number of rotatable bonds is 23. The molecule has 145 heavy (non-hydrogen) atoms. The second kappa shape index (κ2) is 59.8. The first-order chi connectivity index (χ1) is 67.4. The minimum Gasteiger partial charge on any atom is -1.00 e.